The van der Waals surface area contributed by atoms with Crippen LogP contribution in [0.25, 0.3) is 0 Å². The number of hydrogen-bond acceptors (Lipinski definition) is 3. The van der Waals surface area contributed by atoms with Crippen LogP contribution < -0.4 is 0 Å². The van der Waals surface area contributed by atoms with Crippen molar-refractivity contribution < 1.29 is 32.1 Å². The number of ether oxygens (including phenoxy) is 2. The number of aliphatic hydroxyl groups excluding tert-OH is 1. The standard InChI is InChI=1S/C13H16F4O3/c14-12(15,9-19-7-6-18)13(16,17)10-20-8-11-4-2-1-3-5-11/h1-5,18H,6-10H2. The maximum Gasteiger partial charge on any atom is 0.335 e. The van der Waals surface area contributed by atoms with Crippen LogP contribution in [0.5, 0.6) is 0 Å². The molecular weight excluding hydrogens is 280 g/mol. The third kappa shape index (κ3) is 5.07. The fraction of sp³-hybridized carbons (Fsp3) is 0.538. The second kappa shape index (κ2) is 7.56. The predicted octanol–water partition coefficient (Wildman–Crippen LogP) is 2.48. The van der Waals surface area contributed by atoms with E-state index in [-0.39, 0.29) is 6.61 Å². The van der Waals surface area contributed by atoms with Gasteiger partial charge in [0.2, 0.25) is 0 Å². The van der Waals surface area contributed by atoms with Crippen molar-refractivity contribution in [2.45, 2.75) is 18.5 Å². The van der Waals surface area contributed by atoms with Gasteiger partial charge in [0.05, 0.1) is 19.8 Å². The van der Waals surface area contributed by atoms with Crippen molar-refractivity contribution in [3.63, 3.8) is 0 Å². The highest BCUT2D eigenvalue weighted by molar-refractivity contribution is 5.13. The number of alkyl halides is 4. The lowest BCUT2D eigenvalue weighted by atomic mass is 10.2. The SMILES string of the molecule is OCCOCC(F)(F)C(F)(F)COCc1ccccc1. The molecule has 0 saturated heterocycles. The number of hydrogen-bond donors (Lipinski definition) is 1. The van der Waals surface area contributed by atoms with E-state index in [1.165, 1.54) is 0 Å². The Morgan fingerprint density at radius 2 is 1.45 bits per heavy atom. The maximum absolute atomic E-state index is 13.3. The topological polar surface area (TPSA) is 38.7 Å². The molecule has 0 heterocycles. The molecule has 0 atom stereocenters. The molecule has 0 aliphatic carbocycles. The predicted molar refractivity (Wildman–Crippen MR) is 63.9 cm³/mol. The van der Waals surface area contributed by atoms with Crippen LogP contribution in [0.15, 0.2) is 30.3 Å². The highest BCUT2D eigenvalue weighted by Crippen LogP contribution is 2.34. The van der Waals surface area contributed by atoms with Gasteiger partial charge in [0.25, 0.3) is 0 Å². The molecule has 0 radical (unpaired) electrons. The highest BCUT2D eigenvalue weighted by atomic mass is 19.3. The van der Waals surface area contributed by atoms with E-state index in [4.69, 9.17) is 5.11 Å². The molecule has 3 nitrogen and oxygen atoms in total. The Balaban J connectivity index is 2.43. The number of halogens is 4. The number of benzene rings is 1. The lowest BCUT2D eigenvalue weighted by Crippen LogP contribution is -2.47. The largest absolute Gasteiger partial charge is 0.394 e. The van der Waals surface area contributed by atoms with E-state index >= 15 is 0 Å². The molecule has 0 amide bonds. The Morgan fingerprint density at radius 1 is 0.900 bits per heavy atom. The first-order chi connectivity index (χ1) is 9.39. The van der Waals surface area contributed by atoms with Gasteiger partial charge in [-0.15, -0.1) is 0 Å². The van der Waals surface area contributed by atoms with Crippen LogP contribution in [0, 0.1) is 0 Å². The Morgan fingerprint density at radius 3 is 2.00 bits per heavy atom. The highest BCUT2D eigenvalue weighted by Gasteiger charge is 2.56. The van der Waals surface area contributed by atoms with Crippen molar-refractivity contribution in [2.24, 2.45) is 0 Å². The lowest BCUT2D eigenvalue weighted by molar-refractivity contribution is -0.253. The van der Waals surface area contributed by atoms with Gasteiger partial charge in [0, 0.05) is 0 Å². The number of aliphatic hydroxyl groups is 1. The van der Waals surface area contributed by atoms with Gasteiger partial charge in [-0.3, -0.25) is 0 Å². The molecule has 1 rings (SSSR count). The van der Waals surface area contributed by atoms with E-state index in [0.717, 1.165) is 0 Å². The Hall–Kier alpha value is -1.18. The molecule has 0 aromatic heterocycles. The van der Waals surface area contributed by atoms with Gasteiger partial charge < -0.3 is 14.6 Å². The molecule has 114 valence electrons. The minimum atomic E-state index is -4.35. The zero-order valence-corrected chi connectivity index (χ0v) is 10.7. The molecule has 0 fully saturated rings. The summed E-state index contributed by atoms with van der Waals surface area (Å²) in [4.78, 5) is 0. The van der Waals surface area contributed by atoms with Crippen molar-refractivity contribution >= 4 is 0 Å². The summed E-state index contributed by atoms with van der Waals surface area (Å²) < 4.78 is 62.0. The van der Waals surface area contributed by atoms with Crippen LogP contribution >= 0.6 is 0 Å². The van der Waals surface area contributed by atoms with Crippen LogP contribution in [0.1, 0.15) is 5.56 Å². The monoisotopic (exact) mass is 296 g/mol. The third-order valence-electron chi connectivity index (χ3n) is 2.45. The van der Waals surface area contributed by atoms with Gasteiger partial charge in [0.1, 0.15) is 13.2 Å². The van der Waals surface area contributed by atoms with Crippen LogP contribution in [0.3, 0.4) is 0 Å². The first kappa shape index (κ1) is 16.9. The van der Waals surface area contributed by atoms with E-state index in [1.807, 2.05) is 0 Å². The molecule has 0 aliphatic heterocycles. The third-order valence-corrected chi connectivity index (χ3v) is 2.45. The summed E-state index contributed by atoms with van der Waals surface area (Å²) in [5.74, 6) is -8.68. The minimum Gasteiger partial charge on any atom is -0.394 e. The fourth-order valence-corrected chi connectivity index (χ4v) is 1.35. The molecule has 0 saturated carbocycles. The minimum absolute atomic E-state index is 0.177. The first-order valence-corrected chi connectivity index (χ1v) is 5.95. The smallest absolute Gasteiger partial charge is 0.335 e. The normalized spacial score (nSPS) is 12.7. The zero-order chi connectivity index (χ0) is 15.1. The van der Waals surface area contributed by atoms with E-state index in [1.54, 1.807) is 30.3 Å². The van der Waals surface area contributed by atoms with Gasteiger partial charge in [-0.25, -0.2) is 0 Å². The van der Waals surface area contributed by atoms with Crippen molar-refractivity contribution in [3.05, 3.63) is 35.9 Å². The molecule has 0 aliphatic rings. The average molecular weight is 296 g/mol. The molecule has 7 heteroatoms. The zero-order valence-electron chi connectivity index (χ0n) is 10.7. The molecule has 0 spiro atoms. The van der Waals surface area contributed by atoms with Crippen LogP contribution in [0.2, 0.25) is 0 Å². The fourth-order valence-electron chi connectivity index (χ4n) is 1.35. The van der Waals surface area contributed by atoms with E-state index < -0.39 is 38.3 Å². The lowest BCUT2D eigenvalue weighted by Gasteiger charge is -2.26. The van der Waals surface area contributed by atoms with Crippen molar-refractivity contribution in [3.8, 4) is 0 Å². The summed E-state index contributed by atoms with van der Waals surface area (Å²) in [5, 5.41) is 8.35. The second-order valence-corrected chi connectivity index (χ2v) is 4.16. The van der Waals surface area contributed by atoms with Crippen molar-refractivity contribution in [1.82, 2.24) is 0 Å². The van der Waals surface area contributed by atoms with Gasteiger partial charge >= 0.3 is 11.8 Å². The Bertz CT molecular complexity index is 384. The quantitative estimate of drug-likeness (QED) is 0.562. The molecule has 20 heavy (non-hydrogen) atoms. The van der Waals surface area contributed by atoms with E-state index in [9.17, 15) is 17.6 Å². The van der Waals surface area contributed by atoms with Crippen LogP contribution in [-0.2, 0) is 16.1 Å². The van der Waals surface area contributed by atoms with E-state index in [0.29, 0.717) is 5.56 Å². The van der Waals surface area contributed by atoms with E-state index in [2.05, 4.69) is 9.47 Å². The summed E-state index contributed by atoms with van der Waals surface area (Å²) in [6.07, 6.45) is 0. The summed E-state index contributed by atoms with van der Waals surface area (Å²) in [5.41, 5.74) is 0.614. The van der Waals surface area contributed by atoms with Gasteiger partial charge in [-0.05, 0) is 5.56 Å². The molecule has 0 bridgehead atoms. The molecular formula is C13H16F4O3. The molecule has 1 aromatic rings. The maximum atomic E-state index is 13.3. The molecule has 1 N–H and O–H groups in total. The van der Waals surface area contributed by atoms with Gasteiger partial charge in [-0.2, -0.15) is 17.6 Å². The van der Waals surface area contributed by atoms with Gasteiger partial charge in [-0.1, -0.05) is 30.3 Å². The van der Waals surface area contributed by atoms with Crippen LogP contribution in [0.4, 0.5) is 17.6 Å². The summed E-state index contributed by atoms with van der Waals surface area (Å²) in [7, 11) is 0. The van der Waals surface area contributed by atoms with Crippen molar-refractivity contribution in [1.29, 1.82) is 0 Å². The van der Waals surface area contributed by atoms with Crippen molar-refractivity contribution in [2.75, 3.05) is 26.4 Å². The first-order valence-electron chi connectivity index (χ1n) is 5.95. The Labute approximate surface area is 114 Å². The summed E-state index contributed by atoms with van der Waals surface area (Å²) in [6, 6.07) is 8.40. The summed E-state index contributed by atoms with van der Waals surface area (Å²) in [6.45, 7) is -3.97. The second-order valence-electron chi connectivity index (χ2n) is 4.16. The van der Waals surface area contributed by atoms with Gasteiger partial charge in [0.15, 0.2) is 0 Å². The average Bonchev–Trinajstić information content (AvgIpc) is 2.39. The Kier molecular flexibility index (Phi) is 6.38. The number of rotatable bonds is 9. The molecule has 1 aromatic carbocycles. The van der Waals surface area contributed by atoms with Crippen LogP contribution in [-0.4, -0.2) is 43.4 Å². The summed E-state index contributed by atoms with van der Waals surface area (Å²) >= 11 is 0. The molecule has 0 unspecified atom stereocenters.